The maximum absolute atomic E-state index is 12.9. The molecule has 0 spiro atoms. The first-order valence-electron chi connectivity index (χ1n) is 5.01. The number of hydrogen-bond acceptors (Lipinski definition) is 2. The van der Waals surface area contributed by atoms with E-state index in [1.54, 1.807) is 12.1 Å². The molecular formula is C13H10FNO2. The van der Waals surface area contributed by atoms with Crippen LogP contribution < -0.4 is 5.32 Å². The maximum Gasteiger partial charge on any atom is 0.255 e. The zero-order chi connectivity index (χ0) is 12.3. The Morgan fingerprint density at radius 3 is 2.47 bits per heavy atom. The van der Waals surface area contributed by atoms with Gasteiger partial charge in [-0.25, -0.2) is 4.39 Å². The Morgan fingerprint density at radius 2 is 1.82 bits per heavy atom. The van der Waals surface area contributed by atoms with Gasteiger partial charge in [0, 0.05) is 11.3 Å². The van der Waals surface area contributed by atoms with E-state index in [0.29, 0.717) is 5.69 Å². The molecule has 0 radical (unpaired) electrons. The number of carbonyl (C=O) groups excluding carboxylic acids is 1. The van der Waals surface area contributed by atoms with Gasteiger partial charge < -0.3 is 10.4 Å². The number of carbonyl (C=O) groups is 1. The lowest BCUT2D eigenvalue weighted by atomic mass is 10.2. The van der Waals surface area contributed by atoms with E-state index < -0.39 is 11.7 Å². The maximum atomic E-state index is 12.9. The molecule has 2 N–H and O–H groups in total. The van der Waals surface area contributed by atoms with Crippen molar-refractivity contribution in [1.82, 2.24) is 0 Å². The van der Waals surface area contributed by atoms with Crippen LogP contribution in [0.3, 0.4) is 0 Å². The Balaban J connectivity index is 2.14. The van der Waals surface area contributed by atoms with Crippen molar-refractivity contribution in [3.05, 3.63) is 59.9 Å². The number of aromatic hydroxyl groups is 1. The normalized spacial score (nSPS) is 9.94. The van der Waals surface area contributed by atoms with Gasteiger partial charge in [-0.15, -0.1) is 0 Å². The van der Waals surface area contributed by atoms with Crippen LogP contribution in [-0.2, 0) is 0 Å². The molecule has 2 aromatic carbocycles. The van der Waals surface area contributed by atoms with Crippen LogP contribution >= 0.6 is 0 Å². The zero-order valence-corrected chi connectivity index (χ0v) is 8.85. The lowest BCUT2D eigenvalue weighted by Gasteiger charge is -2.05. The third-order valence-corrected chi connectivity index (χ3v) is 2.21. The van der Waals surface area contributed by atoms with Gasteiger partial charge >= 0.3 is 0 Å². The van der Waals surface area contributed by atoms with Crippen LogP contribution in [0.5, 0.6) is 5.75 Å². The third kappa shape index (κ3) is 2.81. The Morgan fingerprint density at radius 1 is 1.12 bits per heavy atom. The highest BCUT2D eigenvalue weighted by Gasteiger charge is 2.06. The van der Waals surface area contributed by atoms with Crippen LogP contribution in [-0.4, -0.2) is 11.0 Å². The number of rotatable bonds is 2. The lowest BCUT2D eigenvalue weighted by molar-refractivity contribution is 0.102. The smallest absolute Gasteiger partial charge is 0.255 e. The van der Waals surface area contributed by atoms with Crippen molar-refractivity contribution in [2.45, 2.75) is 0 Å². The number of nitrogens with one attached hydrogen (secondary N) is 1. The number of anilines is 1. The van der Waals surface area contributed by atoms with Gasteiger partial charge in [0.25, 0.3) is 5.91 Å². The lowest BCUT2D eigenvalue weighted by Crippen LogP contribution is -2.11. The summed E-state index contributed by atoms with van der Waals surface area (Å²) in [5, 5.41) is 11.7. The average molecular weight is 231 g/mol. The van der Waals surface area contributed by atoms with E-state index >= 15 is 0 Å². The Kier molecular flexibility index (Phi) is 3.05. The molecule has 0 saturated carbocycles. The van der Waals surface area contributed by atoms with Gasteiger partial charge in [-0.05, 0) is 42.5 Å². The summed E-state index contributed by atoms with van der Waals surface area (Å²) >= 11 is 0. The fraction of sp³-hybridized carbons (Fsp3) is 0. The number of phenols is 1. The Bertz CT molecular complexity index is 537. The van der Waals surface area contributed by atoms with Gasteiger partial charge in [0.2, 0.25) is 0 Å². The largest absolute Gasteiger partial charge is 0.508 e. The summed E-state index contributed by atoms with van der Waals surface area (Å²) in [5.41, 5.74) is 0.787. The van der Waals surface area contributed by atoms with Crippen LogP contribution in [0.25, 0.3) is 0 Å². The molecule has 0 aliphatic heterocycles. The fourth-order valence-corrected chi connectivity index (χ4v) is 1.38. The SMILES string of the molecule is O=C(Nc1ccc(O)cc1)c1cccc(F)c1. The number of hydrogen-bond donors (Lipinski definition) is 2. The molecule has 0 atom stereocenters. The Labute approximate surface area is 97.5 Å². The molecule has 2 aromatic rings. The molecule has 17 heavy (non-hydrogen) atoms. The summed E-state index contributed by atoms with van der Waals surface area (Å²) in [6.07, 6.45) is 0. The molecule has 0 heterocycles. The summed E-state index contributed by atoms with van der Waals surface area (Å²) in [4.78, 5) is 11.7. The molecule has 0 unspecified atom stereocenters. The standard InChI is InChI=1S/C13H10FNO2/c14-10-3-1-2-9(8-10)13(17)15-11-4-6-12(16)7-5-11/h1-8,16H,(H,15,17). The monoisotopic (exact) mass is 231 g/mol. The van der Waals surface area contributed by atoms with Crippen molar-refractivity contribution >= 4 is 11.6 Å². The van der Waals surface area contributed by atoms with Crippen molar-refractivity contribution in [2.24, 2.45) is 0 Å². The molecule has 4 heteroatoms. The summed E-state index contributed by atoms with van der Waals surface area (Å²) in [6, 6.07) is 11.5. The summed E-state index contributed by atoms with van der Waals surface area (Å²) in [6.45, 7) is 0. The minimum Gasteiger partial charge on any atom is -0.508 e. The Hall–Kier alpha value is -2.36. The summed E-state index contributed by atoms with van der Waals surface area (Å²) < 4.78 is 12.9. The van der Waals surface area contributed by atoms with E-state index in [-0.39, 0.29) is 11.3 Å². The van der Waals surface area contributed by atoms with Crippen molar-refractivity contribution in [3.63, 3.8) is 0 Å². The van der Waals surface area contributed by atoms with Crippen LogP contribution in [0.4, 0.5) is 10.1 Å². The predicted octanol–water partition coefficient (Wildman–Crippen LogP) is 2.78. The van der Waals surface area contributed by atoms with E-state index in [9.17, 15) is 9.18 Å². The van der Waals surface area contributed by atoms with E-state index in [0.717, 1.165) is 6.07 Å². The first-order chi connectivity index (χ1) is 8.15. The van der Waals surface area contributed by atoms with Gasteiger partial charge in [-0.3, -0.25) is 4.79 Å². The fourth-order valence-electron chi connectivity index (χ4n) is 1.38. The van der Waals surface area contributed by atoms with E-state index in [1.165, 1.54) is 30.3 Å². The summed E-state index contributed by atoms with van der Waals surface area (Å²) in [5.74, 6) is -0.729. The summed E-state index contributed by atoms with van der Waals surface area (Å²) in [7, 11) is 0. The first kappa shape index (κ1) is 11.1. The first-order valence-corrected chi connectivity index (χ1v) is 5.01. The minimum atomic E-state index is -0.455. The van der Waals surface area contributed by atoms with Crippen molar-refractivity contribution in [1.29, 1.82) is 0 Å². The molecule has 0 aromatic heterocycles. The van der Waals surface area contributed by atoms with Gasteiger partial charge in [-0.1, -0.05) is 6.07 Å². The second kappa shape index (κ2) is 4.65. The molecule has 0 aliphatic carbocycles. The molecule has 1 amide bonds. The highest BCUT2D eigenvalue weighted by molar-refractivity contribution is 6.04. The second-order valence-electron chi connectivity index (χ2n) is 3.51. The molecule has 86 valence electrons. The highest BCUT2D eigenvalue weighted by atomic mass is 19.1. The van der Waals surface area contributed by atoms with Gasteiger partial charge in [0.05, 0.1) is 0 Å². The molecule has 3 nitrogen and oxygen atoms in total. The van der Waals surface area contributed by atoms with Gasteiger partial charge in [0.1, 0.15) is 11.6 Å². The molecule has 0 bridgehead atoms. The molecule has 0 fully saturated rings. The predicted molar refractivity (Wildman–Crippen MR) is 62.5 cm³/mol. The number of halogens is 1. The third-order valence-electron chi connectivity index (χ3n) is 2.21. The number of amides is 1. The van der Waals surface area contributed by atoms with E-state index in [2.05, 4.69) is 5.32 Å². The number of benzene rings is 2. The highest BCUT2D eigenvalue weighted by Crippen LogP contribution is 2.15. The molecular weight excluding hydrogens is 221 g/mol. The van der Waals surface area contributed by atoms with Crippen LogP contribution in [0, 0.1) is 5.82 Å². The van der Waals surface area contributed by atoms with Crippen molar-refractivity contribution in [2.75, 3.05) is 5.32 Å². The van der Waals surface area contributed by atoms with Crippen LogP contribution in [0.15, 0.2) is 48.5 Å². The van der Waals surface area contributed by atoms with E-state index in [4.69, 9.17) is 5.11 Å². The van der Waals surface area contributed by atoms with Crippen LogP contribution in [0.2, 0.25) is 0 Å². The van der Waals surface area contributed by atoms with E-state index in [1.807, 2.05) is 0 Å². The second-order valence-corrected chi connectivity index (χ2v) is 3.51. The topological polar surface area (TPSA) is 49.3 Å². The minimum absolute atomic E-state index is 0.119. The van der Waals surface area contributed by atoms with Gasteiger partial charge in [0.15, 0.2) is 0 Å². The van der Waals surface area contributed by atoms with Crippen molar-refractivity contribution < 1.29 is 14.3 Å². The zero-order valence-electron chi connectivity index (χ0n) is 8.85. The molecule has 2 rings (SSSR count). The quantitative estimate of drug-likeness (QED) is 0.781. The van der Waals surface area contributed by atoms with Crippen LogP contribution in [0.1, 0.15) is 10.4 Å². The average Bonchev–Trinajstić information content (AvgIpc) is 2.32. The number of phenolic OH excluding ortho intramolecular Hbond substituents is 1. The molecule has 0 aliphatic rings. The van der Waals surface area contributed by atoms with Gasteiger partial charge in [-0.2, -0.15) is 0 Å². The molecule has 0 saturated heterocycles. The van der Waals surface area contributed by atoms with Crippen molar-refractivity contribution in [3.8, 4) is 5.75 Å².